The maximum Gasteiger partial charge on any atom is 0.278 e. The molecule has 0 radical (unpaired) electrons. The van der Waals surface area contributed by atoms with Crippen LogP contribution in [0.1, 0.15) is 40.5 Å². The highest BCUT2D eigenvalue weighted by Crippen LogP contribution is 2.24. The minimum atomic E-state index is 0.516. The molecule has 122 valence electrons. The predicted octanol–water partition coefficient (Wildman–Crippen LogP) is 3.82. The Morgan fingerprint density at radius 3 is 2.50 bits per heavy atom. The minimum absolute atomic E-state index is 0.516. The number of aromatic nitrogens is 3. The van der Waals surface area contributed by atoms with E-state index in [0.717, 1.165) is 12.8 Å². The molecule has 0 N–H and O–H groups in total. The summed E-state index contributed by atoms with van der Waals surface area (Å²) in [6, 6.07) is 15.8. The van der Waals surface area contributed by atoms with E-state index in [-0.39, 0.29) is 0 Å². The number of benzene rings is 2. The molecule has 0 saturated heterocycles. The summed E-state index contributed by atoms with van der Waals surface area (Å²) in [6.45, 7) is 6.50. The molecule has 1 aliphatic rings. The van der Waals surface area contributed by atoms with E-state index in [9.17, 15) is 0 Å². The van der Waals surface area contributed by atoms with E-state index in [2.05, 4.69) is 78.8 Å². The fraction of sp³-hybridized carbons (Fsp3) is 0.333. The van der Waals surface area contributed by atoms with Crippen molar-refractivity contribution in [2.24, 2.45) is 0 Å². The molecule has 3 nitrogen and oxygen atoms in total. The van der Waals surface area contributed by atoms with E-state index in [4.69, 9.17) is 5.10 Å². The van der Waals surface area contributed by atoms with Crippen LogP contribution in [0.2, 0.25) is 0 Å². The highest BCUT2D eigenvalue weighted by molar-refractivity contribution is 5.48. The molecular weight excluding hydrogens is 294 g/mol. The van der Waals surface area contributed by atoms with Gasteiger partial charge in [0.25, 0.3) is 5.82 Å². The first kappa shape index (κ1) is 15.1. The molecule has 4 rings (SSSR count). The maximum atomic E-state index is 4.88. The van der Waals surface area contributed by atoms with Crippen LogP contribution in [-0.2, 0) is 12.8 Å². The molecule has 0 saturated carbocycles. The summed E-state index contributed by atoms with van der Waals surface area (Å²) in [7, 11) is 0. The second-order valence-corrected chi connectivity index (χ2v) is 7.01. The fourth-order valence-corrected chi connectivity index (χ4v) is 4.03. The van der Waals surface area contributed by atoms with Crippen LogP contribution in [0, 0.1) is 20.8 Å². The van der Waals surface area contributed by atoms with Gasteiger partial charge in [-0.25, -0.2) is 4.57 Å². The Morgan fingerprint density at radius 2 is 1.79 bits per heavy atom. The van der Waals surface area contributed by atoms with Crippen molar-refractivity contribution in [2.75, 3.05) is 0 Å². The third kappa shape index (κ3) is 2.64. The van der Waals surface area contributed by atoms with Crippen molar-refractivity contribution >= 4 is 0 Å². The normalized spacial score (nSPS) is 16.4. The topological polar surface area (TPSA) is 21.7 Å². The Kier molecular flexibility index (Phi) is 3.72. The van der Waals surface area contributed by atoms with E-state index in [1.54, 1.807) is 0 Å². The van der Waals surface area contributed by atoms with E-state index in [0.29, 0.717) is 6.04 Å². The molecule has 2 aromatic carbocycles. The first-order chi connectivity index (χ1) is 11.6. The molecule has 0 fully saturated rings. The minimum Gasteiger partial charge on any atom is -0.231 e. The molecule has 1 atom stereocenters. The monoisotopic (exact) mass is 318 g/mol. The number of hydrogen-bond acceptors (Lipinski definition) is 1. The zero-order valence-electron chi connectivity index (χ0n) is 14.7. The largest absolute Gasteiger partial charge is 0.278 e. The third-order valence-corrected chi connectivity index (χ3v) is 5.03. The van der Waals surface area contributed by atoms with Crippen LogP contribution < -0.4 is 4.57 Å². The summed E-state index contributed by atoms with van der Waals surface area (Å²) in [4.78, 5) is 0. The van der Waals surface area contributed by atoms with E-state index >= 15 is 0 Å². The number of hydrogen-bond donors (Lipinski definition) is 0. The van der Waals surface area contributed by atoms with Crippen LogP contribution in [0.25, 0.3) is 5.69 Å². The van der Waals surface area contributed by atoms with Crippen LogP contribution in [-0.4, -0.2) is 9.78 Å². The van der Waals surface area contributed by atoms with Crippen molar-refractivity contribution in [1.29, 1.82) is 0 Å². The molecule has 0 unspecified atom stereocenters. The lowest BCUT2D eigenvalue weighted by Gasteiger charge is -2.09. The van der Waals surface area contributed by atoms with Gasteiger partial charge in [-0.1, -0.05) is 52.7 Å². The summed E-state index contributed by atoms with van der Waals surface area (Å²) >= 11 is 0. The lowest BCUT2D eigenvalue weighted by molar-refractivity contribution is -0.716. The number of nitrogens with zero attached hydrogens (tertiary/aromatic N) is 3. The maximum absolute atomic E-state index is 4.88. The van der Waals surface area contributed by atoms with Crippen molar-refractivity contribution in [3.8, 4) is 5.69 Å². The SMILES string of the molecule is Cc1cc(C)c(-n2c[n+]3c(n2)CC[C@@H]3Cc2ccccc2)c(C)c1. The van der Waals surface area contributed by atoms with Gasteiger partial charge in [-0.05, 0) is 43.9 Å². The summed E-state index contributed by atoms with van der Waals surface area (Å²) in [5.41, 5.74) is 6.50. The third-order valence-electron chi connectivity index (χ3n) is 5.03. The molecule has 3 aromatic rings. The fourth-order valence-electron chi connectivity index (χ4n) is 4.03. The van der Waals surface area contributed by atoms with Gasteiger partial charge in [0, 0.05) is 17.9 Å². The molecule has 24 heavy (non-hydrogen) atoms. The Morgan fingerprint density at radius 1 is 1.08 bits per heavy atom. The van der Waals surface area contributed by atoms with Crippen LogP contribution in [0.15, 0.2) is 48.8 Å². The lowest BCUT2D eigenvalue weighted by Crippen LogP contribution is -2.37. The summed E-state index contributed by atoms with van der Waals surface area (Å²) < 4.78 is 4.46. The highest BCUT2D eigenvalue weighted by Gasteiger charge is 2.32. The Bertz CT molecular complexity index is 854. The van der Waals surface area contributed by atoms with E-state index in [1.807, 2.05) is 0 Å². The van der Waals surface area contributed by atoms with E-state index in [1.165, 1.54) is 40.2 Å². The van der Waals surface area contributed by atoms with E-state index < -0.39 is 0 Å². The van der Waals surface area contributed by atoms with Gasteiger partial charge < -0.3 is 0 Å². The van der Waals surface area contributed by atoms with Crippen molar-refractivity contribution in [2.45, 2.75) is 46.1 Å². The number of rotatable bonds is 3. The molecule has 0 spiro atoms. The smallest absolute Gasteiger partial charge is 0.231 e. The van der Waals surface area contributed by atoms with Gasteiger partial charge in [-0.3, -0.25) is 0 Å². The Labute approximate surface area is 143 Å². The van der Waals surface area contributed by atoms with Gasteiger partial charge >= 0.3 is 0 Å². The summed E-state index contributed by atoms with van der Waals surface area (Å²) in [5.74, 6) is 1.20. The molecule has 0 bridgehead atoms. The second kappa shape index (κ2) is 5.90. The van der Waals surface area contributed by atoms with Crippen molar-refractivity contribution < 1.29 is 4.57 Å². The van der Waals surface area contributed by atoms with Gasteiger partial charge in [-0.15, -0.1) is 0 Å². The van der Waals surface area contributed by atoms with Gasteiger partial charge in [0.1, 0.15) is 5.69 Å². The Balaban J connectivity index is 1.68. The van der Waals surface area contributed by atoms with Crippen molar-refractivity contribution in [3.05, 3.63) is 76.9 Å². The molecule has 3 heteroatoms. The van der Waals surface area contributed by atoms with Crippen molar-refractivity contribution in [1.82, 2.24) is 9.78 Å². The van der Waals surface area contributed by atoms with Crippen LogP contribution in [0.3, 0.4) is 0 Å². The van der Waals surface area contributed by atoms with Crippen LogP contribution in [0.5, 0.6) is 0 Å². The zero-order chi connectivity index (χ0) is 16.7. The van der Waals surface area contributed by atoms with Gasteiger partial charge in [0.15, 0.2) is 0 Å². The average molecular weight is 318 g/mol. The molecule has 0 amide bonds. The van der Waals surface area contributed by atoms with Gasteiger partial charge in [0.05, 0.1) is 6.04 Å². The lowest BCUT2D eigenvalue weighted by atomic mass is 10.0. The molecular formula is C21H24N3+. The molecule has 1 aliphatic heterocycles. The zero-order valence-corrected chi connectivity index (χ0v) is 14.7. The summed E-state index contributed by atoms with van der Waals surface area (Å²) in [5, 5.41) is 4.88. The summed E-state index contributed by atoms with van der Waals surface area (Å²) in [6.07, 6.45) is 5.52. The Hall–Kier alpha value is -2.42. The standard InChI is InChI=1S/C21H24N3/c1-15-11-16(2)21(17(3)12-15)24-14-23-19(9-10-20(23)22-24)13-18-7-5-4-6-8-18/h4-8,11-12,14,19H,9-10,13H2,1-3H3/q+1/t19-/m1/s1. The van der Waals surface area contributed by atoms with Crippen LogP contribution in [0.4, 0.5) is 0 Å². The first-order valence-electron chi connectivity index (χ1n) is 8.73. The highest BCUT2D eigenvalue weighted by atomic mass is 15.4. The molecule has 2 heterocycles. The molecule has 1 aromatic heterocycles. The number of aryl methyl sites for hydroxylation is 4. The quantitative estimate of drug-likeness (QED) is 0.673. The number of fused-ring (bicyclic) bond motifs is 1. The van der Waals surface area contributed by atoms with Gasteiger partial charge in [0.2, 0.25) is 6.33 Å². The van der Waals surface area contributed by atoms with Crippen LogP contribution >= 0.6 is 0 Å². The van der Waals surface area contributed by atoms with Gasteiger partial charge in [-0.2, -0.15) is 0 Å². The first-order valence-corrected chi connectivity index (χ1v) is 8.73. The molecule has 0 aliphatic carbocycles. The second-order valence-electron chi connectivity index (χ2n) is 7.01. The van der Waals surface area contributed by atoms with Crippen molar-refractivity contribution in [3.63, 3.8) is 0 Å². The predicted molar refractivity (Wildman–Crippen MR) is 95.5 cm³/mol. The average Bonchev–Trinajstić information content (AvgIpc) is 3.09.